The second-order valence-corrected chi connectivity index (χ2v) is 23.0. The fourth-order valence-corrected chi connectivity index (χ4v) is 9.39. The van der Waals surface area contributed by atoms with Crippen LogP contribution in [0, 0.1) is 5.92 Å². The third-order valence-corrected chi connectivity index (χ3v) is 14.2. The molecule has 0 spiro atoms. The van der Waals surface area contributed by atoms with Crippen LogP contribution in [0.1, 0.15) is 259 Å². The number of aliphatic hydroxyl groups is 1. The molecule has 0 fully saturated rings. The number of carbonyl (C=O) groups excluding carboxylic acids is 4. The smallest absolute Gasteiger partial charge is 0.462 e. The van der Waals surface area contributed by atoms with Crippen molar-refractivity contribution >= 4 is 39.5 Å². The Morgan fingerprint density at radius 2 is 0.630 bits per heavy atom. The lowest BCUT2D eigenvalue weighted by atomic mass is 10.0. The van der Waals surface area contributed by atoms with Crippen LogP contribution in [-0.2, 0) is 65.4 Å². The predicted octanol–water partition coefficient (Wildman–Crippen LogP) is 13.9. The Labute approximate surface area is 441 Å². The summed E-state index contributed by atoms with van der Waals surface area (Å²) in [7, 11) is -9.85. The summed E-state index contributed by atoms with van der Waals surface area (Å²) < 4.78 is 67.2. The minimum atomic E-state index is -4.93. The zero-order chi connectivity index (χ0) is 54.3. The molecular weight excluding hydrogens is 983 g/mol. The van der Waals surface area contributed by atoms with Gasteiger partial charge in [-0.2, -0.15) is 0 Å². The zero-order valence-electron chi connectivity index (χ0n) is 46.3. The highest BCUT2D eigenvalue weighted by Gasteiger charge is 2.30. The molecule has 73 heavy (non-hydrogen) atoms. The number of phosphoric ester groups is 2. The van der Waals surface area contributed by atoms with Crippen molar-refractivity contribution in [3.63, 3.8) is 0 Å². The Morgan fingerprint density at radius 1 is 0.370 bits per heavy atom. The van der Waals surface area contributed by atoms with Crippen LogP contribution in [0.5, 0.6) is 0 Å². The summed E-state index contributed by atoms with van der Waals surface area (Å²) >= 11 is 0. The fraction of sp³-hybridized carbons (Fsp3) is 0.926. The van der Waals surface area contributed by atoms with Gasteiger partial charge in [0.2, 0.25) is 0 Å². The summed E-state index contributed by atoms with van der Waals surface area (Å²) in [6.45, 7) is 6.94. The van der Waals surface area contributed by atoms with Gasteiger partial charge in [-0.1, -0.05) is 208 Å². The summed E-state index contributed by atoms with van der Waals surface area (Å²) in [4.78, 5) is 71.3. The second-order valence-electron chi connectivity index (χ2n) is 20.1. The van der Waals surface area contributed by atoms with Crippen molar-refractivity contribution in [2.24, 2.45) is 5.92 Å². The van der Waals surface area contributed by atoms with Crippen LogP contribution in [0.15, 0.2) is 0 Å². The van der Waals surface area contributed by atoms with Crippen molar-refractivity contribution in [1.29, 1.82) is 0 Å². The van der Waals surface area contributed by atoms with Crippen molar-refractivity contribution in [2.45, 2.75) is 278 Å². The lowest BCUT2D eigenvalue weighted by molar-refractivity contribution is -0.161. The van der Waals surface area contributed by atoms with Crippen molar-refractivity contribution in [2.75, 3.05) is 39.6 Å². The molecule has 17 nitrogen and oxygen atoms in total. The molecule has 0 aromatic heterocycles. The van der Waals surface area contributed by atoms with Gasteiger partial charge in [0.1, 0.15) is 19.3 Å². The lowest BCUT2D eigenvalue weighted by Gasteiger charge is -2.21. The summed E-state index contributed by atoms with van der Waals surface area (Å²) in [6.07, 6.45) is 28.5. The minimum absolute atomic E-state index is 0.103. The van der Waals surface area contributed by atoms with E-state index in [0.717, 1.165) is 115 Å². The third kappa shape index (κ3) is 49.4. The molecule has 0 rings (SSSR count). The Morgan fingerprint density at radius 3 is 0.932 bits per heavy atom. The Balaban J connectivity index is 5.17. The van der Waals surface area contributed by atoms with Crippen molar-refractivity contribution in [1.82, 2.24) is 0 Å². The number of esters is 4. The molecule has 0 saturated carbocycles. The van der Waals surface area contributed by atoms with Crippen LogP contribution >= 0.6 is 15.6 Å². The van der Waals surface area contributed by atoms with E-state index >= 15 is 0 Å². The highest BCUT2D eigenvalue weighted by molar-refractivity contribution is 7.47. The maximum Gasteiger partial charge on any atom is 0.472 e. The Kier molecular flexibility index (Phi) is 47.1. The topological polar surface area (TPSA) is 237 Å². The van der Waals surface area contributed by atoms with Crippen LogP contribution < -0.4 is 0 Å². The number of phosphoric acid groups is 2. The van der Waals surface area contributed by atoms with E-state index < -0.39 is 97.5 Å². The molecule has 0 saturated heterocycles. The van der Waals surface area contributed by atoms with E-state index in [1.54, 1.807) is 0 Å². The first-order valence-electron chi connectivity index (χ1n) is 28.6. The van der Waals surface area contributed by atoms with Gasteiger partial charge in [0, 0.05) is 25.7 Å². The van der Waals surface area contributed by atoms with Crippen molar-refractivity contribution in [3.05, 3.63) is 0 Å². The monoisotopic (exact) mass is 1090 g/mol. The second kappa shape index (κ2) is 48.4. The number of unbranched alkanes of at least 4 members (excludes halogenated alkanes) is 26. The number of aliphatic hydroxyl groups excluding tert-OH is 1. The van der Waals surface area contributed by atoms with Gasteiger partial charge >= 0.3 is 39.5 Å². The van der Waals surface area contributed by atoms with E-state index in [4.69, 9.17) is 37.0 Å². The summed E-state index contributed by atoms with van der Waals surface area (Å²) in [5, 5.41) is 10.4. The molecule has 0 amide bonds. The molecule has 19 heteroatoms. The largest absolute Gasteiger partial charge is 0.472 e. The van der Waals surface area contributed by atoms with Crippen LogP contribution in [0.2, 0.25) is 0 Å². The van der Waals surface area contributed by atoms with Gasteiger partial charge in [-0.05, 0) is 31.6 Å². The van der Waals surface area contributed by atoms with E-state index in [0.29, 0.717) is 25.7 Å². The van der Waals surface area contributed by atoms with Crippen molar-refractivity contribution < 1.29 is 80.2 Å². The summed E-state index contributed by atoms with van der Waals surface area (Å²) in [5.41, 5.74) is 0. The van der Waals surface area contributed by atoms with E-state index in [-0.39, 0.29) is 25.7 Å². The van der Waals surface area contributed by atoms with Crippen LogP contribution in [0.25, 0.3) is 0 Å². The minimum Gasteiger partial charge on any atom is -0.462 e. The predicted molar refractivity (Wildman–Crippen MR) is 285 cm³/mol. The number of hydrogen-bond acceptors (Lipinski definition) is 15. The fourth-order valence-electron chi connectivity index (χ4n) is 7.81. The van der Waals surface area contributed by atoms with E-state index in [1.165, 1.54) is 64.2 Å². The first-order valence-corrected chi connectivity index (χ1v) is 31.6. The molecule has 0 heterocycles. The van der Waals surface area contributed by atoms with Crippen LogP contribution in [0.4, 0.5) is 0 Å². The van der Waals surface area contributed by atoms with Gasteiger partial charge in [0.05, 0.1) is 26.4 Å². The third-order valence-electron chi connectivity index (χ3n) is 12.3. The lowest BCUT2D eigenvalue weighted by Crippen LogP contribution is -2.30. The van der Waals surface area contributed by atoms with E-state index in [9.17, 15) is 43.2 Å². The van der Waals surface area contributed by atoms with Gasteiger partial charge in [0.15, 0.2) is 12.2 Å². The molecule has 0 radical (unpaired) electrons. The van der Waals surface area contributed by atoms with Gasteiger partial charge in [-0.15, -0.1) is 0 Å². The quantitative estimate of drug-likeness (QED) is 0.0222. The molecule has 0 bridgehead atoms. The number of ether oxygens (including phenoxy) is 4. The SMILES string of the molecule is CCCCCCCCCCCC(=O)OC[C@H](COP(=O)(O)OC[C@@H](O)COP(=O)(O)OC[C@@H](COC(=O)CCCCCCC)OC(=O)CCCCCCCCC)OC(=O)CCCCCCCCCCCC(C)C. The number of rotatable bonds is 54. The van der Waals surface area contributed by atoms with E-state index in [2.05, 4.69) is 34.6 Å². The van der Waals surface area contributed by atoms with Crippen molar-refractivity contribution in [3.8, 4) is 0 Å². The molecule has 0 aromatic rings. The number of carbonyl (C=O) groups is 4. The highest BCUT2D eigenvalue weighted by atomic mass is 31.2. The maximum atomic E-state index is 12.9. The number of hydrogen-bond donors (Lipinski definition) is 3. The van der Waals surface area contributed by atoms with Crippen LogP contribution in [-0.4, -0.2) is 96.7 Å². The first-order chi connectivity index (χ1) is 35.0. The standard InChI is InChI=1S/C54H104O17P2/c1-6-9-12-15-17-19-24-28-33-38-52(57)65-44-50(71-54(59)40-35-30-25-21-18-20-23-27-31-36-47(4)5)46-69-73(62,63)67-42-48(55)41-66-72(60,61)68-45-49(43-64-51(56)37-32-26-14-11-8-3)70-53(58)39-34-29-22-16-13-10-7-2/h47-50,55H,6-46H2,1-5H3,(H,60,61)(H,62,63)/t48-,49+,50+/m0/s1. The average molecular weight is 1090 g/mol. The van der Waals surface area contributed by atoms with Crippen LogP contribution in [0.3, 0.4) is 0 Å². The summed E-state index contributed by atoms with van der Waals surface area (Å²) in [5.74, 6) is -1.43. The van der Waals surface area contributed by atoms with Gasteiger partial charge < -0.3 is 33.8 Å². The first kappa shape index (κ1) is 71.1. The molecular formula is C54H104O17P2. The summed E-state index contributed by atoms with van der Waals surface area (Å²) in [6, 6.07) is 0. The van der Waals surface area contributed by atoms with Gasteiger partial charge in [-0.3, -0.25) is 37.3 Å². The highest BCUT2D eigenvalue weighted by Crippen LogP contribution is 2.45. The molecule has 5 atom stereocenters. The molecule has 3 N–H and O–H groups in total. The maximum absolute atomic E-state index is 12.9. The van der Waals surface area contributed by atoms with E-state index in [1.807, 2.05) is 0 Å². The normalized spacial score (nSPS) is 14.5. The Hall–Kier alpha value is -1.94. The zero-order valence-corrected chi connectivity index (χ0v) is 48.0. The molecule has 0 aliphatic rings. The Bertz CT molecular complexity index is 1450. The molecule has 0 aromatic carbocycles. The van der Waals surface area contributed by atoms with Gasteiger partial charge in [-0.25, -0.2) is 9.13 Å². The molecule has 2 unspecified atom stereocenters. The molecule has 0 aliphatic carbocycles. The average Bonchev–Trinajstić information content (AvgIpc) is 3.35. The molecule has 0 aliphatic heterocycles. The van der Waals surface area contributed by atoms with Gasteiger partial charge in [0.25, 0.3) is 0 Å². The molecule has 432 valence electrons.